The van der Waals surface area contributed by atoms with Gasteiger partial charge >= 0.3 is 0 Å². The maximum absolute atomic E-state index is 12.2. The lowest BCUT2D eigenvalue weighted by Gasteiger charge is -2.07. The van der Waals surface area contributed by atoms with Crippen molar-refractivity contribution in [3.63, 3.8) is 0 Å². The highest BCUT2D eigenvalue weighted by Crippen LogP contribution is 2.20. The number of hydrogen-bond acceptors (Lipinski definition) is 6. The molecule has 3 aromatic rings. The fourth-order valence-corrected chi connectivity index (χ4v) is 4.40. The molecule has 0 aliphatic rings. The second-order valence-electron chi connectivity index (χ2n) is 5.77. The Morgan fingerprint density at radius 1 is 1.04 bits per heavy atom. The van der Waals surface area contributed by atoms with E-state index in [1.54, 1.807) is 36.6 Å². The summed E-state index contributed by atoms with van der Waals surface area (Å²) in [5.74, 6) is -0.386. The van der Waals surface area contributed by atoms with Gasteiger partial charge in [-0.15, -0.1) is 11.3 Å². The van der Waals surface area contributed by atoms with Gasteiger partial charge in [-0.3, -0.25) is 9.52 Å². The standard InChI is InChI=1S/C19H17N3O4S2/c1-13(16-5-2-3-6-17(16)23)20-21-19(24)14-8-10-15(11-9-14)22-28(25,26)18-7-4-12-27-18/h2-12,22-23H,1H3,(H,21,24)/b20-13+. The van der Waals surface area contributed by atoms with Crippen molar-refractivity contribution in [3.05, 3.63) is 77.2 Å². The summed E-state index contributed by atoms with van der Waals surface area (Å²) < 4.78 is 27.1. The van der Waals surface area contributed by atoms with E-state index in [9.17, 15) is 18.3 Å². The van der Waals surface area contributed by atoms with Crippen LogP contribution < -0.4 is 10.1 Å². The van der Waals surface area contributed by atoms with Gasteiger partial charge < -0.3 is 5.11 Å². The number of nitrogens with zero attached hydrogens (tertiary/aromatic N) is 1. The van der Waals surface area contributed by atoms with Crippen molar-refractivity contribution < 1.29 is 18.3 Å². The number of nitrogens with one attached hydrogen (secondary N) is 2. The number of para-hydroxylation sites is 1. The Hall–Kier alpha value is -3.17. The molecule has 0 fully saturated rings. The Morgan fingerprint density at radius 2 is 1.75 bits per heavy atom. The first-order valence-electron chi connectivity index (χ1n) is 8.16. The van der Waals surface area contributed by atoms with Gasteiger partial charge in [0.05, 0.1) is 5.71 Å². The Bertz CT molecular complexity index is 1110. The molecule has 7 nitrogen and oxygen atoms in total. The summed E-state index contributed by atoms with van der Waals surface area (Å²) in [6, 6.07) is 15.8. The van der Waals surface area contributed by atoms with Crippen LogP contribution in [0, 0.1) is 0 Å². The van der Waals surface area contributed by atoms with E-state index in [2.05, 4.69) is 15.2 Å². The molecule has 1 aromatic heterocycles. The maximum atomic E-state index is 12.2. The molecule has 144 valence electrons. The molecule has 0 aliphatic heterocycles. The molecular weight excluding hydrogens is 398 g/mol. The van der Waals surface area contributed by atoms with Crippen molar-refractivity contribution in [3.8, 4) is 5.75 Å². The van der Waals surface area contributed by atoms with Crippen LogP contribution in [-0.4, -0.2) is 25.1 Å². The number of carbonyl (C=O) groups excluding carboxylic acids is 1. The van der Waals surface area contributed by atoms with E-state index < -0.39 is 15.9 Å². The van der Waals surface area contributed by atoms with Crippen LogP contribution in [0.1, 0.15) is 22.8 Å². The van der Waals surface area contributed by atoms with E-state index in [1.807, 2.05) is 0 Å². The second-order valence-corrected chi connectivity index (χ2v) is 8.63. The van der Waals surface area contributed by atoms with Crippen molar-refractivity contribution in [1.29, 1.82) is 0 Å². The molecule has 0 saturated carbocycles. The summed E-state index contributed by atoms with van der Waals surface area (Å²) in [7, 11) is -3.64. The fourth-order valence-electron chi connectivity index (χ4n) is 2.35. The number of hydrogen-bond donors (Lipinski definition) is 3. The highest BCUT2D eigenvalue weighted by atomic mass is 32.2. The number of carbonyl (C=O) groups is 1. The van der Waals surface area contributed by atoms with Crippen molar-refractivity contribution >= 4 is 38.7 Å². The number of amides is 1. The Balaban J connectivity index is 1.67. The molecule has 0 bridgehead atoms. The molecule has 2 aromatic carbocycles. The van der Waals surface area contributed by atoms with Gasteiger partial charge in [0.25, 0.3) is 15.9 Å². The van der Waals surface area contributed by atoms with E-state index in [4.69, 9.17) is 0 Å². The summed E-state index contributed by atoms with van der Waals surface area (Å²) in [4.78, 5) is 12.2. The van der Waals surface area contributed by atoms with E-state index in [-0.39, 0.29) is 9.96 Å². The van der Waals surface area contributed by atoms with Crippen molar-refractivity contribution in [2.45, 2.75) is 11.1 Å². The SMILES string of the molecule is C/C(=N\NC(=O)c1ccc(NS(=O)(=O)c2cccs2)cc1)c1ccccc1O. The number of phenols is 1. The average Bonchev–Trinajstić information content (AvgIpc) is 3.22. The number of anilines is 1. The van der Waals surface area contributed by atoms with Crippen LogP contribution in [0.5, 0.6) is 5.75 Å². The lowest BCUT2D eigenvalue weighted by molar-refractivity contribution is 0.0955. The number of benzene rings is 2. The number of sulfonamides is 1. The number of thiophene rings is 1. The average molecular weight is 415 g/mol. The number of rotatable bonds is 6. The van der Waals surface area contributed by atoms with Crippen LogP contribution in [0.4, 0.5) is 5.69 Å². The Kier molecular flexibility index (Phi) is 5.76. The molecule has 9 heteroatoms. The smallest absolute Gasteiger partial charge is 0.271 e. The van der Waals surface area contributed by atoms with Gasteiger partial charge in [-0.05, 0) is 54.8 Å². The van der Waals surface area contributed by atoms with Gasteiger partial charge in [0, 0.05) is 16.8 Å². The van der Waals surface area contributed by atoms with Gasteiger partial charge in [-0.2, -0.15) is 5.10 Å². The molecule has 3 N–H and O–H groups in total. The summed E-state index contributed by atoms with van der Waals surface area (Å²) in [6.07, 6.45) is 0. The van der Waals surface area contributed by atoms with Crippen molar-refractivity contribution in [2.75, 3.05) is 4.72 Å². The zero-order valence-electron chi connectivity index (χ0n) is 14.8. The van der Waals surface area contributed by atoms with Crippen LogP contribution in [0.25, 0.3) is 0 Å². The molecule has 0 atom stereocenters. The van der Waals surface area contributed by atoms with Crippen LogP contribution in [0.15, 0.2) is 75.4 Å². The van der Waals surface area contributed by atoms with Crippen molar-refractivity contribution in [1.82, 2.24) is 5.43 Å². The molecule has 0 saturated heterocycles. The van der Waals surface area contributed by atoms with Crippen LogP contribution >= 0.6 is 11.3 Å². The topological polar surface area (TPSA) is 108 Å². The van der Waals surface area contributed by atoms with E-state index in [0.29, 0.717) is 22.5 Å². The molecule has 0 aliphatic carbocycles. The predicted octanol–water partition coefficient (Wildman–Crippen LogP) is 3.41. The monoisotopic (exact) mass is 415 g/mol. The van der Waals surface area contributed by atoms with Crippen molar-refractivity contribution in [2.24, 2.45) is 5.10 Å². The zero-order valence-corrected chi connectivity index (χ0v) is 16.4. The molecule has 28 heavy (non-hydrogen) atoms. The Labute approximate surface area is 166 Å². The summed E-state index contributed by atoms with van der Waals surface area (Å²) in [5, 5.41) is 15.5. The molecule has 0 radical (unpaired) electrons. The van der Waals surface area contributed by atoms with Gasteiger partial charge in [0.15, 0.2) is 0 Å². The predicted molar refractivity (Wildman–Crippen MR) is 109 cm³/mol. The number of phenolic OH excluding ortho intramolecular Hbond substituents is 1. The highest BCUT2D eigenvalue weighted by Gasteiger charge is 2.15. The largest absolute Gasteiger partial charge is 0.507 e. The molecule has 1 heterocycles. The first kappa shape index (κ1) is 19.6. The minimum Gasteiger partial charge on any atom is -0.507 e. The molecule has 0 unspecified atom stereocenters. The quantitative estimate of drug-likeness (QED) is 0.423. The van der Waals surface area contributed by atoms with Gasteiger partial charge in [0.1, 0.15) is 9.96 Å². The fraction of sp³-hybridized carbons (Fsp3) is 0.0526. The van der Waals surface area contributed by atoms with Crippen LogP contribution in [0.2, 0.25) is 0 Å². The van der Waals surface area contributed by atoms with Gasteiger partial charge in [-0.1, -0.05) is 18.2 Å². The third-order valence-corrected chi connectivity index (χ3v) is 6.56. The summed E-state index contributed by atoms with van der Waals surface area (Å²) in [6.45, 7) is 1.66. The highest BCUT2D eigenvalue weighted by molar-refractivity contribution is 7.94. The third kappa shape index (κ3) is 4.56. The second kappa shape index (κ2) is 8.24. The van der Waals surface area contributed by atoms with E-state index >= 15 is 0 Å². The third-order valence-electron chi connectivity index (χ3n) is 3.78. The lowest BCUT2D eigenvalue weighted by atomic mass is 10.1. The first-order valence-corrected chi connectivity index (χ1v) is 10.5. The van der Waals surface area contributed by atoms with Gasteiger partial charge in [-0.25, -0.2) is 13.8 Å². The summed E-state index contributed by atoms with van der Waals surface area (Å²) >= 11 is 1.12. The minimum absolute atomic E-state index is 0.0698. The Morgan fingerprint density at radius 3 is 2.39 bits per heavy atom. The van der Waals surface area contributed by atoms with Gasteiger partial charge in [0.2, 0.25) is 0 Å². The van der Waals surface area contributed by atoms with Crippen LogP contribution in [0.3, 0.4) is 0 Å². The molecule has 3 rings (SSSR count). The molecule has 1 amide bonds. The number of aromatic hydroxyl groups is 1. The lowest BCUT2D eigenvalue weighted by Crippen LogP contribution is -2.19. The maximum Gasteiger partial charge on any atom is 0.271 e. The molecular formula is C19H17N3O4S2. The van der Waals surface area contributed by atoms with E-state index in [0.717, 1.165) is 11.3 Å². The van der Waals surface area contributed by atoms with Crippen LogP contribution in [-0.2, 0) is 10.0 Å². The zero-order chi connectivity index (χ0) is 20.1. The normalized spacial score (nSPS) is 11.8. The number of hydrazone groups is 1. The van der Waals surface area contributed by atoms with E-state index in [1.165, 1.54) is 36.4 Å². The molecule has 0 spiro atoms. The first-order chi connectivity index (χ1) is 13.4. The minimum atomic E-state index is -3.64. The summed E-state index contributed by atoms with van der Waals surface area (Å²) in [5.41, 5.74) is 4.04.